The third kappa shape index (κ3) is 3.21. The van der Waals surface area contributed by atoms with Crippen molar-refractivity contribution >= 4 is 10.8 Å². The average Bonchev–Trinajstić information content (AvgIpc) is 3.07. The van der Waals surface area contributed by atoms with E-state index >= 15 is 0 Å². The van der Waals surface area contributed by atoms with E-state index in [9.17, 15) is 5.11 Å². The van der Waals surface area contributed by atoms with Crippen molar-refractivity contribution in [2.75, 3.05) is 13.1 Å². The Hall–Kier alpha value is -2.30. The van der Waals surface area contributed by atoms with E-state index in [1.807, 2.05) is 12.4 Å². The van der Waals surface area contributed by atoms with Crippen LogP contribution in [0.1, 0.15) is 37.7 Å². The monoisotopic (exact) mass is 373 g/mol. The molecule has 2 atom stereocenters. The molecule has 4 heteroatoms. The first-order valence-electron chi connectivity index (χ1n) is 10.4. The van der Waals surface area contributed by atoms with E-state index in [-0.39, 0.29) is 11.5 Å². The summed E-state index contributed by atoms with van der Waals surface area (Å²) < 4.78 is 0. The molecule has 5 rings (SSSR count). The van der Waals surface area contributed by atoms with E-state index < -0.39 is 0 Å². The summed E-state index contributed by atoms with van der Waals surface area (Å²) in [5.41, 5.74) is 2.35. The zero-order chi connectivity index (χ0) is 19.0. The predicted octanol–water partition coefficient (Wildman–Crippen LogP) is 4.42. The Balaban J connectivity index is 1.34. The summed E-state index contributed by atoms with van der Waals surface area (Å²) in [7, 11) is 0. The van der Waals surface area contributed by atoms with E-state index in [0.29, 0.717) is 0 Å². The van der Waals surface area contributed by atoms with Crippen molar-refractivity contribution in [2.45, 2.75) is 44.8 Å². The quantitative estimate of drug-likeness (QED) is 0.738. The minimum Gasteiger partial charge on any atom is -0.393 e. The molecule has 1 N–H and O–H groups in total. The lowest BCUT2D eigenvalue weighted by molar-refractivity contribution is -0.0120. The number of hydrogen-bond donors (Lipinski definition) is 1. The van der Waals surface area contributed by atoms with E-state index in [1.165, 1.54) is 30.0 Å². The second kappa shape index (κ2) is 7.26. The Morgan fingerprint density at radius 1 is 1.00 bits per heavy atom. The molecule has 0 bridgehead atoms. The minimum atomic E-state index is -0.125. The molecule has 1 saturated carbocycles. The highest BCUT2D eigenvalue weighted by Gasteiger charge is 2.44. The SMILES string of the molecule is O[C@@H]1CCC[C@]12CCCN(Cc1cnc(-c3cccc4ccccc34)nc1)C2. The average molecular weight is 374 g/mol. The van der Waals surface area contributed by atoms with E-state index in [4.69, 9.17) is 0 Å². The van der Waals surface area contributed by atoms with Crippen molar-refractivity contribution in [1.82, 2.24) is 14.9 Å². The second-order valence-corrected chi connectivity index (χ2v) is 8.53. The molecular formula is C24H27N3O. The van der Waals surface area contributed by atoms with Crippen LogP contribution in [0.25, 0.3) is 22.2 Å². The normalized spacial score (nSPS) is 25.5. The molecule has 3 aromatic rings. The summed E-state index contributed by atoms with van der Waals surface area (Å²) in [6, 6.07) is 14.6. The van der Waals surface area contributed by atoms with Gasteiger partial charge in [-0.25, -0.2) is 9.97 Å². The highest BCUT2D eigenvalue weighted by molar-refractivity contribution is 5.94. The molecule has 1 saturated heterocycles. The molecule has 2 heterocycles. The standard InChI is InChI=1S/C24H27N3O/c28-22-10-4-11-24(22)12-5-13-27(17-24)16-18-14-25-23(26-15-18)21-9-3-7-19-6-1-2-8-20(19)21/h1-3,6-9,14-15,22,28H,4-5,10-13,16-17H2/t22-,24-/m1/s1. The molecule has 1 aliphatic heterocycles. The van der Waals surface area contributed by atoms with Gasteiger partial charge < -0.3 is 5.11 Å². The number of nitrogens with zero attached hydrogens (tertiary/aromatic N) is 3. The maximum Gasteiger partial charge on any atom is 0.159 e. The van der Waals surface area contributed by atoms with Gasteiger partial charge in [-0.2, -0.15) is 0 Å². The number of hydrogen-bond acceptors (Lipinski definition) is 4. The lowest BCUT2D eigenvalue weighted by Crippen LogP contribution is -2.46. The topological polar surface area (TPSA) is 49.2 Å². The largest absolute Gasteiger partial charge is 0.393 e. The van der Waals surface area contributed by atoms with E-state index in [0.717, 1.165) is 49.4 Å². The Kier molecular flexibility index (Phi) is 4.61. The van der Waals surface area contributed by atoms with E-state index in [2.05, 4.69) is 57.3 Å². The van der Waals surface area contributed by atoms with Gasteiger partial charge >= 0.3 is 0 Å². The third-order valence-electron chi connectivity index (χ3n) is 6.69. The molecule has 144 valence electrons. The van der Waals surface area contributed by atoms with Crippen LogP contribution < -0.4 is 0 Å². The van der Waals surface area contributed by atoms with Crippen molar-refractivity contribution in [1.29, 1.82) is 0 Å². The highest BCUT2D eigenvalue weighted by Crippen LogP contribution is 2.45. The van der Waals surface area contributed by atoms with Gasteiger partial charge in [-0.05, 0) is 43.0 Å². The number of aromatic nitrogens is 2. The maximum absolute atomic E-state index is 10.5. The molecular weight excluding hydrogens is 346 g/mol. The van der Waals surface area contributed by atoms with Crippen LogP contribution in [0.15, 0.2) is 54.9 Å². The summed E-state index contributed by atoms with van der Waals surface area (Å²) in [6.07, 6.45) is 9.45. The number of likely N-dealkylation sites (tertiary alicyclic amines) is 1. The molecule has 0 radical (unpaired) electrons. The maximum atomic E-state index is 10.5. The van der Waals surface area contributed by atoms with Crippen LogP contribution in [-0.2, 0) is 6.54 Å². The lowest BCUT2D eigenvalue weighted by atomic mass is 9.76. The van der Waals surface area contributed by atoms with Gasteiger partial charge in [0.2, 0.25) is 0 Å². The fourth-order valence-electron chi connectivity index (χ4n) is 5.24. The minimum absolute atomic E-state index is 0.125. The molecule has 2 aromatic carbocycles. The summed E-state index contributed by atoms with van der Waals surface area (Å²) in [5, 5.41) is 12.9. The number of piperidine rings is 1. The van der Waals surface area contributed by atoms with Gasteiger partial charge in [-0.1, -0.05) is 48.9 Å². The van der Waals surface area contributed by atoms with Gasteiger partial charge in [0.25, 0.3) is 0 Å². The van der Waals surface area contributed by atoms with Crippen LogP contribution in [0.4, 0.5) is 0 Å². The van der Waals surface area contributed by atoms with Gasteiger partial charge in [0, 0.05) is 42.0 Å². The fraction of sp³-hybridized carbons (Fsp3) is 0.417. The van der Waals surface area contributed by atoms with Gasteiger partial charge in [-0.3, -0.25) is 4.90 Å². The van der Waals surface area contributed by atoms with Crippen molar-refractivity contribution in [2.24, 2.45) is 5.41 Å². The zero-order valence-corrected chi connectivity index (χ0v) is 16.2. The molecule has 2 fully saturated rings. The molecule has 28 heavy (non-hydrogen) atoms. The molecule has 0 unspecified atom stereocenters. The van der Waals surface area contributed by atoms with Gasteiger partial charge in [0.15, 0.2) is 5.82 Å². The summed E-state index contributed by atoms with van der Waals surface area (Å²) >= 11 is 0. The van der Waals surface area contributed by atoms with Crippen LogP contribution in [0, 0.1) is 5.41 Å². The molecule has 4 nitrogen and oxygen atoms in total. The summed E-state index contributed by atoms with van der Waals surface area (Å²) in [6.45, 7) is 2.96. The highest BCUT2D eigenvalue weighted by atomic mass is 16.3. The van der Waals surface area contributed by atoms with Crippen molar-refractivity contribution in [3.05, 3.63) is 60.4 Å². The van der Waals surface area contributed by atoms with Crippen LogP contribution in [0.3, 0.4) is 0 Å². The lowest BCUT2D eigenvalue weighted by Gasteiger charge is -2.42. The molecule has 1 spiro atoms. The number of benzene rings is 2. The molecule has 0 amide bonds. The first-order chi connectivity index (χ1) is 13.7. The predicted molar refractivity (Wildman–Crippen MR) is 112 cm³/mol. The summed E-state index contributed by atoms with van der Waals surface area (Å²) in [5.74, 6) is 0.780. The number of aliphatic hydroxyl groups is 1. The molecule has 2 aliphatic rings. The third-order valence-corrected chi connectivity index (χ3v) is 6.69. The fourth-order valence-corrected chi connectivity index (χ4v) is 5.24. The van der Waals surface area contributed by atoms with Gasteiger partial charge in [0.05, 0.1) is 6.10 Å². The van der Waals surface area contributed by atoms with Crippen molar-refractivity contribution in [3.8, 4) is 11.4 Å². The Morgan fingerprint density at radius 2 is 1.79 bits per heavy atom. The van der Waals surface area contributed by atoms with Gasteiger partial charge in [0.1, 0.15) is 0 Å². The zero-order valence-electron chi connectivity index (χ0n) is 16.2. The molecule has 1 aromatic heterocycles. The van der Waals surface area contributed by atoms with E-state index in [1.54, 1.807) is 0 Å². The first-order valence-corrected chi connectivity index (χ1v) is 10.4. The van der Waals surface area contributed by atoms with Crippen LogP contribution in [-0.4, -0.2) is 39.2 Å². The van der Waals surface area contributed by atoms with Crippen LogP contribution >= 0.6 is 0 Å². The molecule has 1 aliphatic carbocycles. The Labute approximate surface area is 166 Å². The number of rotatable bonds is 3. The summed E-state index contributed by atoms with van der Waals surface area (Å²) in [4.78, 5) is 11.8. The smallest absolute Gasteiger partial charge is 0.159 e. The van der Waals surface area contributed by atoms with Crippen LogP contribution in [0.2, 0.25) is 0 Å². The Bertz CT molecular complexity index is 966. The van der Waals surface area contributed by atoms with Crippen molar-refractivity contribution < 1.29 is 5.11 Å². The van der Waals surface area contributed by atoms with Crippen LogP contribution in [0.5, 0.6) is 0 Å². The number of fused-ring (bicyclic) bond motifs is 1. The van der Waals surface area contributed by atoms with Crippen molar-refractivity contribution in [3.63, 3.8) is 0 Å². The Morgan fingerprint density at radius 3 is 2.61 bits per heavy atom. The van der Waals surface area contributed by atoms with Gasteiger partial charge in [-0.15, -0.1) is 0 Å². The first kappa shape index (κ1) is 17.8. The second-order valence-electron chi connectivity index (χ2n) is 8.53. The number of aliphatic hydroxyl groups excluding tert-OH is 1.